The number of methoxy groups -OCH3 is 1. The first-order valence-electron chi connectivity index (χ1n) is 12.2. The van der Waals surface area contributed by atoms with E-state index >= 15 is 0 Å². The largest absolute Gasteiger partial charge is 0.469 e. The lowest BCUT2D eigenvalue weighted by atomic mass is 9.83. The molecule has 2 bridgehead atoms. The van der Waals surface area contributed by atoms with E-state index in [1.54, 1.807) is 4.90 Å². The second-order valence-corrected chi connectivity index (χ2v) is 14.0. The number of carbonyl (C=O) groups excluding carboxylic acids is 2. The van der Waals surface area contributed by atoms with E-state index in [-0.39, 0.29) is 46.7 Å². The number of sulfonamides is 1. The molecule has 1 N–H and O–H groups in total. The summed E-state index contributed by atoms with van der Waals surface area (Å²) in [6.45, 7) is 4.45. The van der Waals surface area contributed by atoms with Crippen molar-refractivity contribution in [2.75, 3.05) is 25.2 Å². The molecule has 1 aromatic rings. The Morgan fingerprint density at radius 3 is 2.59 bits per heavy atom. The number of hydrogen-bond acceptors (Lipinski definition) is 9. The first kappa shape index (κ1) is 27.5. The third kappa shape index (κ3) is 5.99. The Bertz CT molecular complexity index is 1320. The molecule has 4 atom stereocenters. The van der Waals surface area contributed by atoms with Crippen LogP contribution in [-0.4, -0.2) is 77.6 Å². The van der Waals surface area contributed by atoms with Crippen molar-refractivity contribution in [1.82, 2.24) is 4.90 Å². The van der Waals surface area contributed by atoms with Gasteiger partial charge in [0, 0.05) is 12.8 Å². The van der Waals surface area contributed by atoms with Gasteiger partial charge in [0.1, 0.15) is 16.6 Å². The molecule has 2 saturated heterocycles. The third-order valence-corrected chi connectivity index (χ3v) is 9.13. The van der Waals surface area contributed by atoms with Gasteiger partial charge < -0.3 is 19.7 Å². The Balaban J connectivity index is 1.59. The van der Waals surface area contributed by atoms with Crippen LogP contribution in [0.2, 0.25) is 0 Å². The molecule has 11 nitrogen and oxygen atoms in total. The van der Waals surface area contributed by atoms with E-state index in [0.29, 0.717) is 24.4 Å². The highest BCUT2D eigenvalue weighted by Crippen LogP contribution is 2.43. The van der Waals surface area contributed by atoms with E-state index in [0.717, 1.165) is 19.1 Å². The highest BCUT2D eigenvalue weighted by molar-refractivity contribution is 7.90. The van der Waals surface area contributed by atoms with Gasteiger partial charge in [0.25, 0.3) is 10.0 Å². The van der Waals surface area contributed by atoms with Gasteiger partial charge >= 0.3 is 5.97 Å². The Morgan fingerprint density at radius 1 is 1.24 bits per heavy atom. The summed E-state index contributed by atoms with van der Waals surface area (Å²) in [4.78, 5) is 27.7. The summed E-state index contributed by atoms with van der Waals surface area (Å²) >= 11 is 0. The molecule has 4 rings (SSSR count). The number of hydrogen-bond donors (Lipinski definition) is 1. The van der Waals surface area contributed by atoms with Crippen molar-refractivity contribution >= 4 is 43.3 Å². The van der Waals surface area contributed by atoms with Crippen molar-refractivity contribution in [2.24, 2.45) is 16.2 Å². The van der Waals surface area contributed by atoms with Crippen molar-refractivity contribution in [3.63, 3.8) is 0 Å². The van der Waals surface area contributed by atoms with Gasteiger partial charge in [0.2, 0.25) is 5.91 Å². The highest BCUT2D eigenvalue weighted by Gasteiger charge is 2.56. The number of amidine groups is 1. The van der Waals surface area contributed by atoms with E-state index < -0.39 is 37.8 Å². The van der Waals surface area contributed by atoms with E-state index in [1.165, 1.54) is 25.3 Å². The summed E-state index contributed by atoms with van der Waals surface area (Å²) in [5.74, 6) is -1.43. The Morgan fingerprint density at radius 2 is 1.95 bits per heavy atom. The Kier molecular flexibility index (Phi) is 7.69. The summed E-state index contributed by atoms with van der Waals surface area (Å²) < 4.78 is 63.9. The third-order valence-electron chi connectivity index (χ3n) is 6.92. The second-order valence-electron chi connectivity index (χ2n) is 10.3. The molecule has 0 radical (unpaired) electrons. The molecule has 1 aromatic carbocycles. The minimum atomic E-state index is -4.16. The molecule has 4 unspecified atom stereocenters. The molecule has 0 aromatic heterocycles. The van der Waals surface area contributed by atoms with Gasteiger partial charge in [-0.05, 0) is 42.9 Å². The lowest BCUT2D eigenvalue weighted by Crippen LogP contribution is -2.53. The number of nitrogens with one attached hydrogen (secondary N) is 1. The summed E-state index contributed by atoms with van der Waals surface area (Å²) in [5, 5.41) is 2.91. The zero-order valence-electron chi connectivity index (χ0n) is 21.3. The molecule has 37 heavy (non-hydrogen) atoms. The minimum absolute atomic E-state index is 0.0402. The zero-order chi connectivity index (χ0) is 27.1. The topological polar surface area (TPSA) is 149 Å². The zero-order valence-corrected chi connectivity index (χ0v) is 23.0. The fraction of sp³-hybridized carbons (Fsp3) is 0.625. The predicted octanol–water partition coefficient (Wildman–Crippen LogP) is 1.73. The summed E-state index contributed by atoms with van der Waals surface area (Å²) in [5.41, 5.74) is 0.547. The quantitative estimate of drug-likeness (QED) is 0.450. The lowest BCUT2D eigenvalue weighted by molar-refractivity contribution is -0.150. The second kappa shape index (κ2) is 10.3. The van der Waals surface area contributed by atoms with E-state index in [4.69, 9.17) is 9.47 Å². The number of nitrogens with zero attached hydrogens (tertiary/aromatic N) is 2. The molecular weight excluding hydrogens is 522 g/mol. The fourth-order valence-corrected chi connectivity index (χ4v) is 7.27. The maximum atomic E-state index is 13.6. The fourth-order valence-electron chi connectivity index (χ4n) is 5.28. The van der Waals surface area contributed by atoms with Crippen LogP contribution in [0.4, 0.5) is 5.69 Å². The summed E-state index contributed by atoms with van der Waals surface area (Å²) in [6.07, 6.45) is 2.29. The molecule has 13 heteroatoms. The number of carbonyl (C=O) groups is 2. The standard InChI is InChI=1S/C24H33N3O8S2/c1-14(2)9-10-27(23-18-8-7-17(35-18)22(23)24(29)34-3)21(28)12-20-25-16-6-5-15(13-36(4,30)31)11-19(16)37(32,33)26-20/h5-6,11,14,17-18,22-23H,7-10,12-13H2,1-4H3,(H,25,26). The van der Waals surface area contributed by atoms with Crippen LogP contribution in [0, 0.1) is 11.8 Å². The van der Waals surface area contributed by atoms with Gasteiger partial charge in [0.15, 0.2) is 9.84 Å². The number of amides is 1. The van der Waals surface area contributed by atoms with Crippen LogP contribution in [0.25, 0.3) is 0 Å². The van der Waals surface area contributed by atoms with Crippen molar-refractivity contribution in [1.29, 1.82) is 0 Å². The average molecular weight is 556 g/mol. The smallest absolute Gasteiger partial charge is 0.313 e. The van der Waals surface area contributed by atoms with Crippen molar-refractivity contribution in [3.8, 4) is 0 Å². The number of benzene rings is 1. The highest BCUT2D eigenvalue weighted by atomic mass is 32.2. The van der Waals surface area contributed by atoms with Crippen LogP contribution in [-0.2, 0) is 44.7 Å². The molecule has 0 saturated carbocycles. The lowest BCUT2D eigenvalue weighted by Gasteiger charge is -2.37. The number of anilines is 1. The van der Waals surface area contributed by atoms with Gasteiger partial charge in [-0.25, -0.2) is 8.42 Å². The molecule has 3 aliphatic rings. The van der Waals surface area contributed by atoms with Crippen LogP contribution in [0.1, 0.15) is 45.1 Å². The first-order chi connectivity index (χ1) is 17.3. The van der Waals surface area contributed by atoms with E-state index in [9.17, 15) is 26.4 Å². The molecule has 0 spiro atoms. The predicted molar refractivity (Wildman–Crippen MR) is 136 cm³/mol. The monoisotopic (exact) mass is 555 g/mol. The van der Waals surface area contributed by atoms with Crippen LogP contribution in [0.15, 0.2) is 27.5 Å². The number of rotatable bonds is 9. The van der Waals surface area contributed by atoms with Crippen LogP contribution >= 0.6 is 0 Å². The number of fused-ring (bicyclic) bond motifs is 3. The van der Waals surface area contributed by atoms with Gasteiger partial charge in [0.05, 0.1) is 43.2 Å². The van der Waals surface area contributed by atoms with Gasteiger partial charge in [-0.1, -0.05) is 19.9 Å². The van der Waals surface area contributed by atoms with Crippen LogP contribution in [0.3, 0.4) is 0 Å². The number of ether oxygens (including phenoxy) is 2. The molecule has 204 valence electrons. The number of sulfone groups is 1. The first-order valence-corrected chi connectivity index (χ1v) is 15.7. The summed E-state index contributed by atoms with van der Waals surface area (Å²) in [7, 11) is -6.20. The molecule has 2 fully saturated rings. The number of esters is 1. The maximum absolute atomic E-state index is 13.6. The molecule has 3 heterocycles. The molecule has 0 aliphatic carbocycles. The van der Waals surface area contributed by atoms with Crippen molar-refractivity contribution < 1.29 is 35.9 Å². The minimum Gasteiger partial charge on any atom is -0.469 e. The SMILES string of the molecule is COC(=O)C1C2CCC(O2)C1N(CCC(C)C)C(=O)CC1=NS(=O)(=O)c2cc(CS(C)(=O)=O)ccc2N1. The van der Waals surface area contributed by atoms with Gasteiger partial charge in [-0.3, -0.25) is 9.59 Å². The Hall–Kier alpha value is -2.51. The van der Waals surface area contributed by atoms with Crippen molar-refractivity contribution in [3.05, 3.63) is 23.8 Å². The van der Waals surface area contributed by atoms with E-state index in [2.05, 4.69) is 9.71 Å². The van der Waals surface area contributed by atoms with Crippen molar-refractivity contribution in [2.45, 2.75) is 68.4 Å². The maximum Gasteiger partial charge on any atom is 0.313 e. The van der Waals surface area contributed by atoms with E-state index in [1.807, 2.05) is 13.8 Å². The Labute approximate surface area is 217 Å². The normalized spacial score (nSPS) is 25.8. The molecule has 3 aliphatic heterocycles. The molecular formula is C24H33N3O8S2. The van der Waals surface area contributed by atoms with Crippen LogP contribution in [0.5, 0.6) is 0 Å². The average Bonchev–Trinajstić information content (AvgIpc) is 3.40. The van der Waals surface area contributed by atoms with Gasteiger partial charge in [-0.2, -0.15) is 8.42 Å². The van der Waals surface area contributed by atoms with Crippen LogP contribution < -0.4 is 5.32 Å². The van der Waals surface area contributed by atoms with Gasteiger partial charge in [-0.15, -0.1) is 4.40 Å². The molecule has 1 amide bonds. The summed E-state index contributed by atoms with van der Waals surface area (Å²) in [6, 6.07) is 3.78.